The molecular formula is C9H15N. The Morgan fingerprint density at radius 1 is 1.70 bits per heavy atom. The van der Waals surface area contributed by atoms with Crippen molar-refractivity contribution in [3.05, 3.63) is 23.3 Å². The van der Waals surface area contributed by atoms with Crippen LogP contribution in [0.15, 0.2) is 23.3 Å². The molecule has 10 heavy (non-hydrogen) atoms. The van der Waals surface area contributed by atoms with E-state index in [-0.39, 0.29) is 0 Å². The number of rotatable bonds is 1. The lowest BCUT2D eigenvalue weighted by atomic mass is 10.1. The third-order valence-electron chi connectivity index (χ3n) is 2.03. The van der Waals surface area contributed by atoms with Gasteiger partial charge >= 0.3 is 0 Å². The van der Waals surface area contributed by atoms with Crippen LogP contribution in [0.25, 0.3) is 0 Å². The molecule has 0 radical (unpaired) electrons. The van der Waals surface area contributed by atoms with Gasteiger partial charge in [0.15, 0.2) is 0 Å². The van der Waals surface area contributed by atoms with Crippen molar-refractivity contribution >= 4 is 0 Å². The quantitative estimate of drug-likeness (QED) is 0.533. The first kappa shape index (κ1) is 7.55. The largest absolute Gasteiger partial charge is 0.298 e. The molecule has 0 aromatic heterocycles. The van der Waals surface area contributed by atoms with Crippen LogP contribution < -0.4 is 0 Å². The maximum Gasteiger partial charge on any atom is 0.0233 e. The summed E-state index contributed by atoms with van der Waals surface area (Å²) in [5.41, 5.74) is 2.91. The molecule has 0 N–H and O–H groups in total. The molecule has 0 fully saturated rings. The maximum atomic E-state index is 2.31. The van der Waals surface area contributed by atoms with Crippen LogP contribution in [0.1, 0.15) is 13.8 Å². The highest BCUT2D eigenvalue weighted by atomic mass is 15.1. The van der Waals surface area contributed by atoms with Gasteiger partial charge in [-0.25, -0.2) is 0 Å². The minimum absolute atomic E-state index is 1.11. The van der Waals surface area contributed by atoms with Gasteiger partial charge in [0.05, 0.1) is 0 Å². The third-order valence-corrected chi connectivity index (χ3v) is 2.03. The number of likely N-dealkylation sites (N-methyl/N-ethyl adjacent to an activating group) is 1. The van der Waals surface area contributed by atoms with Crippen molar-refractivity contribution in [1.82, 2.24) is 4.90 Å². The second-order valence-corrected chi connectivity index (χ2v) is 2.90. The Labute approximate surface area is 63.0 Å². The van der Waals surface area contributed by atoms with Crippen LogP contribution in [0.3, 0.4) is 0 Å². The third kappa shape index (κ3) is 1.48. The molecule has 1 aliphatic rings. The summed E-state index contributed by atoms with van der Waals surface area (Å²) in [7, 11) is 2.15. The standard InChI is InChI=1S/C9H15N/c1-4-8(2)9-5-6-10(3)7-9/h4-5H,6-7H2,1-3H3. The monoisotopic (exact) mass is 137 g/mol. The van der Waals surface area contributed by atoms with E-state index in [0.717, 1.165) is 13.1 Å². The fourth-order valence-corrected chi connectivity index (χ4v) is 1.16. The minimum Gasteiger partial charge on any atom is -0.298 e. The van der Waals surface area contributed by atoms with Crippen LogP contribution in [0, 0.1) is 0 Å². The molecule has 0 aliphatic carbocycles. The molecule has 0 unspecified atom stereocenters. The summed E-state index contributed by atoms with van der Waals surface area (Å²) in [5.74, 6) is 0. The Morgan fingerprint density at radius 3 is 2.80 bits per heavy atom. The zero-order chi connectivity index (χ0) is 7.56. The van der Waals surface area contributed by atoms with Gasteiger partial charge in [0.2, 0.25) is 0 Å². The summed E-state index contributed by atoms with van der Waals surface area (Å²) in [6, 6.07) is 0. The van der Waals surface area contributed by atoms with Gasteiger partial charge in [0, 0.05) is 13.1 Å². The molecule has 0 atom stereocenters. The van der Waals surface area contributed by atoms with Crippen LogP contribution in [-0.4, -0.2) is 25.0 Å². The predicted molar refractivity (Wildman–Crippen MR) is 45.0 cm³/mol. The van der Waals surface area contributed by atoms with Crippen LogP contribution in [0.5, 0.6) is 0 Å². The first-order valence-corrected chi connectivity index (χ1v) is 3.75. The van der Waals surface area contributed by atoms with Crippen molar-refractivity contribution in [3.8, 4) is 0 Å². The van der Waals surface area contributed by atoms with E-state index in [2.05, 4.69) is 37.9 Å². The Hall–Kier alpha value is -0.560. The van der Waals surface area contributed by atoms with Gasteiger partial charge < -0.3 is 0 Å². The van der Waals surface area contributed by atoms with Crippen LogP contribution in [0.2, 0.25) is 0 Å². The van der Waals surface area contributed by atoms with Crippen molar-refractivity contribution in [1.29, 1.82) is 0 Å². The lowest BCUT2D eigenvalue weighted by molar-refractivity contribution is 0.430. The van der Waals surface area contributed by atoms with Gasteiger partial charge in [-0.1, -0.05) is 17.7 Å². The molecule has 1 aliphatic heterocycles. The molecule has 1 rings (SSSR count). The van der Waals surface area contributed by atoms with Crippen LogP contribution in [-0.2, 0) is 0 Å². The second-order valence-electron chi connectivity index (χ2n) is 2.90. The lowest BCUT2D eigenvalue weighted by Crippen LogP contribution is -2.13. The molecule has 0 saturated carbocycles. The molecule has 1 heterocycles. The summed E-state index contributed by atoms with van der Waals surface area (Å²) < 4.78 is 0. The Morgan fingerprint density at radius 2 is 2.40 bits per heavy atom. The van der Waals surface area contributed by atoms with Gasteiger partial charge in [0.1, 0.15) is 0 Å². The average molecular weight is 137 g/mol. The van der Waals surface area contributed by atoms with Crippen molar-refractivity contribution in [2.75, 3.05) is 20.1 Å². The van der Waals surface area contributed by atoms with Gasteiger partial charge in [-0.3, -0.25) is 4.90 Å². The van der Waals surface area contributed by atoms with Crippen molar-refractivity contribution in [2.24, 2.45) is 0 Å². The zero-order valence-corrected chi connectivity index (χ0v) is 7.02. The van der Waals surface area contributed by atoms with E-state index in [1.807, 2.05) is 0 Å². The first-order valence-electron chi connectivity index (χ1n) is 3.75. The number of nitrogens with zero attached hydrogens (tertiary/aromatic N) is 1. The fourth-order valence-electron chi connectivity index (χ4n) is 1.16. The Balaban J connectivity index is 2.60. The second kappa shape index (κ2) is 3.02. The van der Waals surface area contributed by atoms with E-state index in [4.69, 9.17) is 0 Å². The molecular weight excluding hydrogens is 122 g/mol. The molecule has 0 amide bonds. The fraction of sp³-hybridized carbons (Fsp3) is 0.556. The highest BCUT2D eigenvalue weighted by Crippen LogP contribution is 2.14. The summed E-state index contributed by atoms with van der Waals surface area (Å²) in [6.45, 7) is 6.50. The van der Waals surface area contributed by atoms with Crippen molar-refractivity contribution in [3.63, 3.8) is 0 Å². The summed E-state index contributed by atoms with van der Waals surface area (Å²) in [4.78, 5) is 2.31. The van der Waals surface area contributed by atoms with Crippen LogP contribution in [0.4, 0.5) is 0 Å². The zero-order valence-electron chi connectivity index (χ0n) is 7.02. The average Bonchev–Trinajstić information content (AvgIpc) is 2.34. The molecule has 0 bridgehead atoms. The highest BCUT2D eigenvalue weighted by Gasteiger charge is 2.09. The molecule has 0 spiro atoms. The smallest absolute Gasteiger partial charge is 0.0233 e. The Bertz CT molecular complexity index is 177. The molecule has 0 aromatic carbocycles. The number of hydrogen-bond donors (Lipinski definition) is 0. The summed E-state index contributed by atoms with van der Waals surface area (Å²) >= 11 is 0. The molecule has 0 saturated heterocycles. The first-order chi connectivity index (χ1) is 4.74. The normalized spacial score (nSPS) is 21.5. The highest BCUT2D eigenvalue weighted by molar-refractivity contribution is 5.32. The predicted octanol–water partition coefficient (Wildman–Crippen LogP) is 1.82. The van der Waals surface area contributed by atoms with Crippen LogP contribution >= 0.6 is 0 Å². The van der Waals surface area contributed by atoms with Crippen molar-refractivity contribution in [2.45, 2.75) is 13.8 Å². The summed E-state index contributed by atoms with van der Waals surface area (Å²) in [5, 5.41) is 0. The molecule has 1 nitrogen and oxygen atoms in total. The van der Waals surface area contributed by atoms with E-state index in [1.165, 1.54) is 11.1 Å². The van der Waals surface area contributed by atoms with E-state index >= 15 is 0 Å². The molecule has 0 aromatic rings. The van der Waals surface area contributed by atoms with E-state index < -0.39 is 0 Å². The van der Waals surface area contributed by atoms with Gasteiger partial charge in [-0.05, 0) is 26.5 Å². The van der Waals surface area contributed by atoms with Crippen molar-refractivity contribution < 1.29 is 0 Å². The lowest BCUT2D eigenvalue weighted by Gasteiger charge is -2.07. The number of hydrogen-bond acceptors (Lipinski definition) is 1. The number of allylic oxidation sites excluding steroid dienone is 1. The molecule has 56 valence electrons. The maximum absolute atomic E-state index is 2.31. The minimum atomic E-state index is 1.11. The Kier molecular flexibility index (Phi) is 2.28. The van der Waals surface area contributed by atoms with E-state index in [0.29, 0.717) is 0 Å². The van der Waals surface area contributed by atoms with Gasteiger partial charge in [-0.15, -0.1) is 0 Å². The summed E-state index contributed by atoms with van der Waals surface area (Å²) in [6.07, 6.45) is 4.47. The van der Waals surface area contributed by atoms with Gasteiger partial charge in [0.25, 0.3) is 0 Å². The molecule has 1 heteroatoms. The van der Waals surface area contributed by atoms with E-state index in [1.54, 1.807) is 0 Å². The van der Waals surface area contributed by atoms with E-state index in [9.17, 15) is 0 Å². The topological polar surface area (TPSA) is 3.24 Å². The SMILES string of the molecule is CC=C(C)C1=CCN(C)C1. The van der Waals surface area contributed by atoms with Gasteiger partial charge in [-0.2, -0.15) is 0 Å².